The molecule has 0 spiro atoms. The summed E-state index contributed by atoms with van der Waals surface area (Å²) < 4.78 is 5.71. The Morgan fingerprint density at radius 2 is 1.65 bits per heavy atom. The Hall–Kier alpha value is -0.120. The van der Waals surface area contributed by atoms with Crippen molar-refractivity contribution in [2.24, 2.45) is 0 Å². The first-order chi connectivity index (χ1) is 8.34. The number of rotatable bonds is 6. The lowest BCUT2D eigenvalue weighted by atomic mass is 9.95. The third-order valence-electron chi connectivity index (χ3n) is 4.07. The molecule has 0 aromatic carbocycles. The normalized spacial score (nSPS) is 25.2. The van der Waals surface area contributed by atoms with E-state index in [1.54, 1.807) is 0 Å². The first kappa shape index (κ1) is 13.3. The molecule has 100 valence electrons. The summed E-state index contributed by atoms with van der Waals surface area (Å²) >= 11 is 0. The van der Waals surface area contributed by atoms with Crippen molar-refractivity contribution < 1.29 is 9.84 Å². The van der Waals surface area contributed by atoms with Crippen molar-refractivity contribution in [3.63, 3.8) is 0 Å². The van der Waals surface area contributed by atoms with Crippen LogP contribution in [0.15, 0.2) is 0 Å². The van der Waals surface area contributed by atoms with Gasteiger partial charge in [0.2, 0.25) is 0 Å². The smallest absolute Gasteiger partial charge is 0.0897 e. The lowest BCUT2D eigenvalue weighted by molar-refractivity contribution is -0.00656. The number of ether oxygens (including phenoxy) is 1. The molecule has 2 aliphatic rings. The Bertz CT molecular complexity index is 198. The van der Waals surface area contributed by atoms with Crippen LogP contribution in [-0.2, 0) is 4.74 Å². The third kappa shape index (κ3) is 4.94. The molecule has 2 aliphatic carbocycles. The maximum Gasteiger partial charge on any atom is 0.0897 e. The third-order valence-corrected chi connectivity index (χ3v) is 4.07. The predicted octanol–water partition coefficient (Wildman–Crippen LogP) is 2.23. The Morgan fingerprint density at radius 1 is 1.00 bits per heavy atom. The molecule has 2 saturated carbocycles. The fourth-order valence-electron chi connectivity index (χ4n) is 2.97. The zero-order valence-electron chi connectivity index (χ0n) is 10.9. The zero-order valence-corrected chi connectivity index (χ0v) is 10.9. The summed E-state index contributed by atoms with van der Waals surface area (Å²) in [6, 6.07) is 0.630. The number of hydrogen-bond donors (Lipinski definition) is 2. The molecule has 17 heavy (non-hydrogen) atoms. The van der Waals surface area contributed by atoms with Crippen LogP contribution in [-0.4, -0.2) is 36.5 Å². The highest BCUT2D eigenvalue weighted by atomic mass is 16.5. The van der Waals surface area contributed by atoms with Crippen LogP contribution in [0.5, 0.6) is 0 Å². The van der Waals surface area contributed by atoms with Crippen molar-refractivity contribution in [2.45, 2.75) is 76.0 Å². The molecule has 0 saturated heterocycles. The van der Waals surface area contributed by atoms with Crippen LogP contribution in [0.25, 0.3) is 0 Å². The van der Waals surface area contributed by atoms with E-state index in [0.29, 0.717) is 25.3 Å². The van der Waals surface area contributed by atoms with Gasteiger partial charge in [-0.2, -0.15) is 0 Å². The summed E-state index contributed by atoms with van der Waals surface area (Å²) in [6.45, 7) is 1.20. The van der Waals surface area contributed by atoms with Crippen molar-refractivity contribution in [3.8, 4) is 0 Å². The average molecular weight is 241 g/mol. The molecular formula is C14H27NO2. The highest BCUT2D eigenvalue weighted by Crippen LogP contribution is 2.21. The van der Waals surface area contributed by atoms with Gasteiger partial charge < -0.3 is 15.2 Å². The molecule has 2 N–H and O–H groups in total. The van der Waals surface area contributed by atoms with Gasteiger partial charge in [0.05, 0.1) is 18.8 Å². The van der Waals surface area contributed by atoms with Gasteiger partial charge in [-0.25, -0.2) is 0 Å². The number of aliphatic hydroxyl groups is 1. The Balaban J connectivity index is 1.52. The second kappa shape index (κ2) is 7.34. The van der Waals surface area contributed by atoms with Crippen molar-refractivity contribution >= 4 is 0 Å². The summed E-state index contributed by atoms with van der Waals surface area (Å²) in [7, 11) is 0. The van der Waals surface area contributed by atoms with Crippen LogP contribution >= 0.6 is 0 Å². The molecule has 2 fully saturated rings. The van der Waals surface area contributed by atoms with E-state index in [1.807, 2.05) is 0 Å². The molecule has 0 aliphatic heterocycles. The van der Waals surface area contributed by atoms with Crippen LogP contribution in [0, 0.1) is 0 Å². The molecule has 2 rings (SSSR count). The first-order valence-corrected chi connectivity index (χ1v) is 7.37. The van der Waals surface area contributed by atoms with Crippen LogP contribution in [0.4, 0.5) is 0 Å². The van der Waals surface area contributed by atoms with E-state index in [1.165, 1.54) is 57.8 Å². The largest absolute Gasteiger partial charge is 0.389 e. The van der Waals surface area contributed by atoms with Gasteiger partial charge in [0.1, 0.15) is 0 Å². The minimum Gasteiger partial charge on any atom is -0.389 e. The summed E-state index contributed by atoms with van der Waals surface area (Å²) in [5.41, 5.74) is 0. The highest BCUT2D eigenvalue weighted by Gasteiger charge is 2.18. The van der Waals surface area contributed by atoms with Gasteiger partial charge in [0.15, 0.2) is 0 Å². The van der Waals surface area contributed by atoms with Gasteiger partial charge in [-0.3, -0.25) is 0 Å². The summed E-state index contributed by atoms with van der Waals surface area (Å²) in [6.07, 6.45) is 11.6. The molecule has 3 heteroatoms. The molecule has 0 aromatic heterocycles. The topological polar surface area (TPSA) is 41.5 Å². The minimum atomic E-state index is -0.336. The van der Waals surface area contributed by atoms with E-state index in [4.69, 9.17) is 4.74 Å². The Morgan fingerprint density at radius 3 is 2.35 bits per heavy atom. The van der Waals surface area contributed by atoms with Gasteiger partial charge in [0, 0.05) is 12.6 Å². The molecular weight excluding hydrogens is 214 g/mol. The van der Waals surface area contributed by atoms with E-state index in [2.05, 4.69) is 5.32 Å². The standard InChI is InChI=1S/C14H27NO2/c16-13(11-17-14-8-4-5-9-14)10-15-12-6-2-1-3-7-12/h12-16H,1-11H2/t13-/m1/s1. The van der Waals surface area contributed by atoms with Crippen molar-refractivity contribution in [1.82, 2.24) is 5.32 Å². The fraction of sp³-hybridized carbons (Fsp3) is 1.00. The molecule has 0 amide bonds. The van der Waals surface area contributed by atoms with Crippen LogP contribution in [0.1, 0.15) is 57.8 Å². The fourth-order valence-corrected chi connectivity index (χ4v) is 2.97. The number of nitrogens with one attached hydrogen (secondary N) is 1. The number of hydrogen-bond acceptors (Lipinski definition) is 3. The SMILES string of the molecule is O[C@H](CNC1CCCCC1)COC1CCCC1. The molecule has 0 unspecified atom stereocenters. The molecule has 3 nitrogen and oxygen atoms in total. The second-order valence-corrected chi connectivity index (χ2v) is 5.64. The second-order valence-electron chi connectivity index (χ2n) is 5.64. The minimum absolute atomic E-state index is 0.336. The van der Waals surface area contributed by atoms with E-state index in [9.17, 15) is 5.11 Å². The monoisotopic (exact) mass is 241 g/mol. The molecule has 0 radical (unpaired) electrons. The quantitative estimate of drug-likeness (QED) is 0.749. The van der Waals surface area contributed by atoms with Gasteiger partial charge in [0.25, 0.3) is 0 Å². The predicted molar refractivity (Wildman–Crippen MR) is 69.1 cm³/mol. The van der Waals surface area contributed by atoms with Gasteiger partial charge in [-0.15, -0.1) is 0 Å². The average Bonchev–Trinajstić information content (AvgIpc) is 2.88. The van der Waals surface area contributed by atoms with Gasteiger partial charge in [-0.1, -0.05) is 32.1 Å². The lowest BCUT2D eigenvalue weighted by Crippen LogP contribution is -2.38. The summed E-state index contributed by atoms with van der Waals surface area (Å²) in [4.78, 5) is 0. The van der Waals surface area contributed by atoms with Crippen LogP contribution in [0.3, 0.4) is 0 Å². The maximum absolute atomic E-state index is 9.85. The van der Waals surface area contributed by atoms with Gasteiger partial charge >= 0.3 is 0 Å². The molecule has 0 heterocycles. The van der Waals surface area contributed by atoms with E-state index < -0.39 is 0 Å². The lowest BCUT2D eigenvalue weighted by Gasteiger charge is -2.24. The summed E-state index contributed by atoms with van der Waals surface area (Å²) in [5, 5.41) is 13.3. The summed E-state index contributed by atoms with van der Waals surface area (Å²) in [5.74, 6) is 0. The number of aliphatic hydroxyl groups excluding tert-OH is 1. The molecule has 0 bridgehead atoms. The van der Waals surface area contributed by atoms with E-state index in [-0.39, 0.29) is 6.10 Å². The maximum atomic E-state index is 9.85. The Kier molecular flexibility index (Phi) is 5.75. The molecule has 1 atom stereocenters. The van der Waals surface area contributed by atoms with E-state index >= 15 is 0 Å². The van der Waals surface area contributed by atoms with Gasteiger partial charge in [-0.05, 0) is 25.7 Å². The zero-order chi connectivity index (χ0) is 11.9. The van der Waals surface area contributed by atoms with E-state index in [0.717, 1.165) is 0 Å². The van der Waals surface area contributed by atoms with Crippen molar-refractivity contribution in [2.75, 3.05) is 13.2 Å². The van der Waals surface area contributed by atoms with Crippen LogP contribution in [0.2, 0.25) is 0 Å². The van der Waals surface area contributed by atoms with Crippen LogP contribution < -0.4 is 5.32 Å². The first-order valence-electron chi connectivity index (χ1n) is 7.37. The van der Waals surface area contributed by atoms with Crippen molar-refractivity contribution in [1.29, 1.82) is 0 Å². The highest BCUT2D eigenvalue weighted by molar-refractivity contribution is 4.74. The molecule has 0 aromatic rings. The van der Waals surface area contributed by atoms with Crippen molar-refractivity contribution in [3.05, 3.63) is 0 Å². The Labute approximate surface area is 105 Å².